The van der Waals surface area contributed by atoms with Crippen molar-refractivity contribution in [3.05, 3.63) is 69.1 Å². The molecule has 3 nitrogen and oxygen atoms in total. The second-order valence-electron chi connectivity index (χ2n) is 4.21. The van der Waals surface area contributed by atoms with Crippen LogP contribution in [0.1, 0.15) is 0 Å². The van der Waals surface area contributed by atoms with Crippen molar-refractivity contribution in [2.75, 3.05) is 0 Å². The molecule has 0 aliphatic carbocycles. The highest BCUT2D eigenvalue weighted by molar-refractivity contribution is 6.37. The van der Waals surface area contributed by atoms with E-state index in [9.17, 15) is 4.79 Å². The van der Waals surface area contributed by atoms with Gasteiger partial charge in [-0.3, -0.25) is 4.79 Å². The lowest BCUT2D eigenvalue weighted by Gasteiger charge is -2.09. The summed E-state index contributed by atoms with van der Waals surface area (Å²) in [5.74, 6) is 0.970. The molecule has 1 heterocycles. The number of para-hydroxylation sites is 1. The molecule has 3 rings (SSSR count). The molecule has 0 aliphatic heterocycles. The fourth-order valence-corrected chi connectivity index (χ4v) is 2.41. The Bertz CT molecular complexity index is 822. The fraction of sp³-hybridized carbons (Fsp3) is 0. The number of halogens is 2. The Kier molecular flexibility index (Phi) is 3.38. The molecule has 2 aromatic carbocycles. The maximum Gasteiger partial charge on any atom is 0.255 e. The molecule has 0 fully saturated rings. The molecule has 1 aromatic heterocycles. The number of hydrogen-bond acceptors (Lipinski definition) is 2. The van der Waals surface area contributed by atoms with Crippen LogP contribution >= 0.6 is 23.2 Å². The van der Waals surface area contributed by atoms with Crippen LogP contribution in [0, 0.1) is 0 Å². The molecule has 0 atom stereocenters. The molecule has 20 heavy (non-hydrogen) atoms. The Hall–Kier alpha value is -1.97. The van der Waals surface area contributed by atoms with Crippen LogP contribution < -0.4 is 10.3 Å². The number of benzene rings is 2. The van der Waals surface area contributed by atoms with E-state index in [4.69, 9.17) is 27.9 Å². The molecule has 0 saturated carbocycles. The van der Waals surface area contributed by atoms with E-state index < -0.39 is 0 Å². The summed E-state index contributed by atoms with van der Waals surface area (Å²) < 4.78 is 5.71. The Morgan fingerprint density at radius 3 is 2.50 bits per heavy atom. The normalized spacial score (nSPS) is 10.7. The molecule has 5 heteroatoms. The van der Waals surface area contributed by atoms with Gasteiger partial charge in [0.2, 0.25) is 0 Å². The van der Waals surface area contributed by atoms with Crippen molar-refractivity contribution in [1.29, 1.82) is 0 Å². The average Bonchev–Trinajstić information content (AvgIpc) is 2.43. The summed E-state index contributed by atoms with van der Waals surface area (Å²) >= 11 is 12.1. The summed E-state index contributed by atoms with van der Waals surface area (Å²) in [6.07, 6.45) is 1.59. The number of pyridine rings is 1. The summed E-state index contributed by atoms with van der Waals surface area (Å²) in [5, 5.41) is 2.26. The van der Waals surface area contributed by atoms with Gasteiger partial charge in [0, 0.05) is 11.6 Å². The largest absolute Gasteiger partial charge is 0.454 e. The van der Waals surface area contributed by atoms with Gasteiger partial charge in [0.1, 0.15) is 5.75 Å². The molecule has 0 aliphatic rings. The predicted molar refractivity (Wildman–Crippen MR) is 81.1 cm³/mol. The Morgan fingerprint density at radius 2 is 1.75 bits per heavy atom. The Labute approximate surface area is 124 Å². The molecule has 3 aromatic rings. The molecular formula is C15H9Cl2NO2. The number of aromatic amines is 1. The molecule has 100 valence electrons. The van der Waals surface area contributed by atoms with Gasteiger partial charge in [-0.15, -0.1) is 0 Å². The summed E-state index contributed by atoms with van der Waals surface area (Å²) in [6, 6.07) is 12.1. The van der Waals surface area contributed by atoms with Crippen molar-refractivity contribution in [2.45, 2.75) is 0 Å². The van der Waals surface area contributed by atoms with Crippen LogP contribution in [0.15, 0.2) is 53.5 Å². The van der Waals surface area contributed by atoms with Crippen LogP contribution in [-0.2, 0) is 0 Å². The number of ether oxygens (including phenoxy) is 1. The minimum Gasteiger partial charge on any atom is -0.454 e. The van der Waals surface area contributed by atoms with Crippen molar-refractivity contribution in [3.63, 3.8) is 0 Å². The molecule has 1 N–H and O–H groups in total. The topological polar surface area (TPSA) is 42.1 Å². The highest BCUT2D eigenvalue weighted by Gasteiger charge is 2.08. The molecule has 0 bridgehead atoms. The Balaban J connectivity index is 2.06. The van der Waals surface area contributed by atoms with E-state index in [1.54, 1.807) is 48.7 Å². The van der Waals surface area contributed by atoms with Crippen LogP contribution in [0.25, 0.3) is 10.8 Å². The van der Waals surface area contributed by atoms with E-state index in [1.807, 2.05) is 0 Å². The van der Waals surface area contributed by atoms with Gasteiger partial charge in [0.15, 0.2) is 5.75 Å². The number of rotatable bonds is 2. The second kappa shape index (κ2) is 5.19. The smallest absolute Gasteiger partial charge is 0.255 e. The second-order valence-corrected chi connectivity index (χ2v) is 5.02. The minimum absolute atomic E-state index is 0.134. The number of H-pyrrole nitrogens is 1. The predicted octanol–water partition coefficient (Wildman–Crippen LogP) is 4.63. The fourth-order valence-electron chi connectivity index (χ4n) is 1.93. The van der Waals surface area contributed by atoms with Crippen LogP contribution in [0.3, 0.4) is 0 Å². The highest BCUT2D eigenvalue weighted by atomic mass is 35.5. The van der Waals surface area contributed by atoms with Gasteiger partial charge in [-0.05, 0) is 41.8 Å². The van der Waals surface area contributed by atoms with Crippen molar-refractivity contribution in [1.82, 2.24) is 4.98 Å². The number of fused-ring (bicyclic) bond motifs is 1. The van der Waals surface area contributed by atoms with Crippen molar-refractivity contribution < 1.29 is 4.74 Å². The van der Waals surface area contributed by atoms with Gasteiger partial charge in [-0.25, -0.2) is 0 Å². The summed E-state index contributed by atoms with van der Waals surface area (Å²) in [6.45, 7) is 0. The average molecular weight is 306 g/mol. The van der Waals surface area contributed by atoms with Crippen molar-refractivity contribution >= 4 is 34.0 Å². The summed E-state index contributed by atoms with van der Waals surface area (Å²) in [7, 11) is 0. The van der Waals surface area contributed by atoms with Crippen LogP contribution in [0.4, 0.5) is 0 Å². The number of aromatic nitrogens is 1. The highest BCUT2D eigenvalue weighted by Crippen LogP contribution is 2.36. The summed E-state index contributed by atoms with van der Waals surface area (Å²) in [4.78, 5) is 14.2. The lowest BCUT2D eigenvalue weighted by atomic mass is 10.2. The third-order valence-corrected chi connectivity index (χ3v) is 3.48. The summed E-state index contributed by atoms with van der Waals surface area (Å²) in [5.41, 5.74) is -0.134. The molecule has 0 saturated heterocycles. The van der Waals surface area contributed by atoms with Gasteiger partial charge in [0.25, 0.3) is 5.56 Å². The third-order valence-electron chi connectivity index (χ3n) is 2.88. The maximum absolute atomic E-state index is 11.6. The lowest BCUT2D eigenvalue weighted by molar-refractivity contribution is 0.484. The quantitative estimate of drug-likeness (QED) is 0.750. The molecular weight excluding hydrogens is 297 g/mol. The molecule has 0 radical (unpaired) electrons. The van der Waals surface area contributed by atoms with Crippen molar-refractivity contribution in [2.24, 2.45) is 0 Å². The first kappa shape index (κ1) is 13.0. The van der Waals surface area contributed by atoms with Crippen molar-refractivity contribution in [3.8, 4) is 11.5 Å². The van der Waals surface area contributed by atoms with Crippen LogP contribution in [-0.4, -0.2) is 4.98 Å². The zero-order valence-electron chi connectivity index (χ0n) is 10.2. The SMILES string of the molecule is O=c1[nH]ccc2cc(Oc3c(Cl)cccc3Cl)ccc12. The van der Waals surface area contributed by atoms with E-state index in [2.05, 4.69) is 4.98 Å². The molecule has 0 spiro atoms. The van der Waals surface area contributed by atoms with E-state index in [1.165, 1.54) is 0 Å². The van der Waals surface area contributed by atoms with E-state index in [0.717, 1.165) is 5.39 Å². The number of nitrogens with one attached hydrogen (secondary N) is 1. The maximum atomic E-state index is 11.6. The lowest BCUT2D eigenvalue weighted by Crippen LogP contribution is -2.03. The monoisotopic (exact) mass is 305 g/mol. The van der Waals surface area contributed by atoms with E-state index >= 15 is 0 Å². The number of hydrogen-bond donors (Lipinski definition) is 1. The molecule has 0 unspecified atom stereocenters. The first-order chi connectivity index (χ1) is 9.65. The Morgan fingerprint density at radius 1 is 1.00 bits per heavy atom. The van der Waals surface area contributed by atoms with Gasteiger partial charge in [-0.2, -0.15) is 0 Å². The first-order valence-corrected chi connectivity index (χ1v) is 6.64. The zero-order valence-corrected chi connectivity index (χ0v) is 11.7. The van der Waals surface area contributed by atoms with Gasteiger partial charge in [-0.1, -0.05) is 29.3 Å². The third kappa shape index (κ3) is 2.38. The zero-order chi connectivity index (χ0) is 14.1. The van der Waals surface area contributed by atoms with Gasteiger partial charge < -0.3 is 9.72 Å². The standard InChI is InChI=1S/C15H9Cl2NO2/c16-12-2-1-3-13(17)14(12)20-10-4-5-11-9(8-10)6-7-18-15(11)19/h1-8H,(H,18,19). The van der Waals surface area contributed by atoms with Gasteiger partial charge >= 0.3 is 0 Å². The van der Waals surface area contributed by atoms with Crippen LogP contribution in [0.2, 0.25) is 10.0 Å². The van der Waals surface area contributed by atoms with Crippen LogP contribution in [0.5, 0.6) is 11.5 Å². The first-order valence-electron chi connectivity index (χ1n) is 5.88. The van der Waals surface area contributed by atoms with E-state index in [0.29, 0.717) is 26.9 Å². The van der Waals surface area contributed by atoms with E-state index in [-0.39, 0.29) is 5.56 Å². The minimum atomic E-state index is -0.134. The molecule has 0 amide bonds. The van der Waals surface area contributed by atoms with Gasteiger partial charge in [0.05, 0.1) is 10.0 Å².